The second-order valence-corrected chi connectivity index (χ2v) is 5.51. The van der Waals surface area contributed by atoms with Gasteiger partial charge in [-0.05, 0) is 29.8 Å². The summed E-state index contributed by atoms with van der Waals surface area (Å²) in [5.74, 6) is 1.23. The van der Waals surface area contributed by atoms with Crippen molar-refractivity contribution in [3.63, 3.8) is 0 Å². The highest BCUT2D eigenvalue weighted by molar-refractivity contribution is 6.15. The Balaban J connectivity index is 1.68. The Bertz CT molecular complexity index is 736. The second kappa shape index (κ2) is 5.42. The van der Waals surface area contributed by atoms with E-state index in [0.717, 1.165) is 54.5 Å². The summed E-state index contributed by atoms with van der Waals surface area (Å²) in [6, 6.07) is 9.48. The molecule has 0 amide bonds. The molecule has 2 aliphatic rings. The monoisotopic (exact) mass is 295 g/mol. The fourth-order valence-corrected chi connectivity index (χ4v) is 2.95. The first kappa shape index (κ1) is 13.3. The second-order valence-electron chi connectivity index (χ2n) is 5.51. The molecule has 1 aromatic carbocycles. The standard InChI is InChI=1S/C17H17N3O2/c21-14-2-1-13-11-19-17(15(13)10-14)12-3-4-18-16(9-12)20-5-7-22-8-6-20/h1-4,9-10,21H,5-8,11H2. The molecule has 0 bridgehead atoms. The molecule has 1 aromatic heterocycles. The van der Waals surface area contributed by atoms with Crippen molar-refractivity contribution < 1.29 is 9.84 Å². The van der Waals surface area contributed by atoms with E-state index in [1.165, 1.54) is 0 Å². The number of hydrogen-bond acceptors (Lipinski definition) is 5. The molecule has 22 heavy (non-hydrogen) atoms. The van der Waals surface area contributed by atoms with Crippen molar-refractivity contribution in [1.29, 1.82) is 0 Å². The number of hydrogen-bond donors (Lipinski definition) is 1. The van der Waals surface area contributed by atoms with E-state index in [1.54, 1.807) is 12.1 Å². The van der Waals surface area contributed by atoms with Gasteiger partial charge >= 0.3 is 0 Å². The largest absolute Gasteiger partial charge is 0.508 e. The van der Waals surface area contributed by atoms with Crippen LogP contribution in [0.5, 0.6) is 5.75 Å². The van der Waals surface area contributed by atoms with Gasteiger partial charge in [0.15, 0.2) is 0 Å². The maximum absolute atomic E-state index is 9.73. The third-order valence-corrected chi connectivity index (χ3v) is 4.11. The smallest absolute Gasteiger partial charge is 0.129 e. The molecule has 0 unspecified atom stereocenters. The van der Waals surface area contributed by atoms with Crippen LogP contribution in [-0.4, -0.2) is 42.1 Å². The maximum atomic E-state index is 9.73. The van der Waals surface area contributed by atoms with Crippen LogP contribution >= 0.6 is 0 Å². The first-order valence-corrected chi connectivity index (χ1v) is 7.47. The van der Waals surface area contributed by atoms with E-state index in [-0.39, 0.29) is 5.75 Å². The van der Waals surface area contributed by atoms with Crippen molar-refractivity contribution in [3.8, 4) is 5.75 Å². The normalized spacial score (nSPS) is 17.3. The molecule has 0 saturated carbocycles. The summed E-state index contributed by atoms with van der Waals surface area (Å²) in [5.41, 5.74) is 4.14. The summed E-state index contributed by atoms with van der Waals surface area (Å²) in [6.07, 6.45) is 1.82. The third-order valence-electron chi connectivity index (χ3n) is 4.11. The predicted molar refractivity (Wildman–Crippen MR) is 84.7 cm³/mol. The van der Waals surface area contributed by atoms with Crippen LogP contribution in [0, 0.1) is 0 Å². The molecule has 3 heterocycles. The van der Waals surface area contributed by atoms with Gasteiger partial charge in [0.1, 0.15) is 11.6 Å². The van der Waals surface area contributed by atoms with Gasteiger partial charge in [-0.3, -0.25) is 4.99 Å². The number of phenols is 1. The average molecular weight is 295 g/mol. The van der Waals surface area contributed by atoms with Crippen molar-refractivity contribution in [2.75, 3.05) is 31.2 Å². The Kier molecular flexibility index (Phi) is 3.27. The first-order chi connectivity index (χ1) is 10.8. The molecule has 0 aliphatic carbocycles. The van der Waals surface area contributed by atoms with E-state index in [9.17, 15) is 5.11 Å². The molecular formula is C17H17N3O2. The number of phenolic OH excluding ortho intramolecular Hbond substituents is 1. The van der Waals surface area contributed by atoms with E-state index >= 15 is 0 Å². The van der Waals surface area contributed by atoms with Gasteiger partial charge in [0, 0.05) is 30.4 Å². The Morgan fingerprint density at radius 2 is 1.95 bits per heavy atom. The summed E-state index contributed by atoms with van der Waals surface area (Å²) in [7, 11) is 0. The summed E-state index contributed by atoms with van der Waals surface area (Å²) >= 11 is 0. The highest BCUT2D eigenvalue weighted by Crippen LogP contribution is 2.27. The number of aromatic nitrogens is 1. The fraction of sp³-hybridized carbons (Fsp3) is 0.294. The van der Waals surface area contributed by atoms with Gasteiger partial charge in [-0.2, -0.15) is 0 Å². The number of benzene rings is 1. The lowest BCUT2D eigenvalue weighted by Gasteiger charge is -2.28. The quantitative estimate of drug-likeness (QED) is 0.920. The van der Waals surface area contributed by atoms with E-state index in [0.29, 0.717) is 6.54 Å². The van der Waals surface area contributed by atoms with Gasteiger partial charge < -0.3 is 14.7 Å². The lowest BCUT2D eigenvalue weighted by Crippen LogP contribution is -2.36. The number of rotatable bonds is 2. The minimum Gasteiger partial charge on any atom is -0.508 e. The average Bonchev–Trinajstić information content (AvgIpc) is 2.99. The predicted octanol–water partition coefficient (Wildman–Crippen LogP) is 1.97. The zero-order valence-corrected chi connectivity index (χ0v) is 12.2. The zero-order valence-electron chi connectivity index (χ0n) is 12.2. The Morgan fingerprint density at radius 3 is 2.82 bits per heavy atom. The Labute approximate surface area is 128 Å². The number of nitrogens with zero attached hydrogens (tertiary/aromatic N) is 3. The topological polar surface area (TPSA) is 58.0 Å². The number of ether oxygens (including phenoxy) is 1. The molecule has 0 radical (unpaired) electrons. The van der Waals surface area contributed by atoms with Gasteiger partial charge in [-0.1, -0.05) is 6.07 Å². The van der Waals surface area contributed by atoms with Gasteiger partial charge in [-0.15, -0.1) is 0 Å². The zero-order chi connectivity index (χ0) is 14.9. The van der Waals surface area contributed by atoms with E-state index < -0.39 is 0 Å². The molecule has 5 heteroatoms. The molecule has 5 nitrogen and oxygen atoms in total. The van der Waals surface area contributed by atoms with Crippen LogP contribution in [-0.2, 0) is 11.3 Å². The van der Waals surface area contributed by atoms with Gasteiger partial charge in [0.05, 0.1) is 25.5 Å². The third kappa shape index (κ3) is 2.33. The summed E-state index contributed by atoms with van der Waals surface area (Å²) < 4.78 is 5.39. The SMILES string of the molecule is Oc1ccc2c(c1)C(c1ccnc(N3CCOCC3)c1)=NC2. The van der Waals surface area contributed by atoms with Crippen LogP contribution in [0.25, 0.3) is 0 Å². The molecule has 4 rings (SSSR count). The molecule has 1 saturated heterocycles. The molecule has 1 fully saturated rings. The Morgan fingerprint density at radius 1 is 1.09 bits per heavy atom. The van der Waals surface area contributed by atoms with Crippen molar-refractivity contribution >= 4 is 11.5 Å². The van der Waals surface area contributed by atoms with Crippen LogP contribution < -0.4 is 4.90 Å². The van der Waals surface area contributed by atoms with Crippen molar-refractivity contribution in [3.05, 3.63) is 53.2 Å². The number of aromatic hydroxyl groups is 1. The van der Waals surface area contributed by atoms with Crippen LogP contribution in [0.15, 0.2) is 41.5 Å². The van der Waals surface area contributed by atoms with Crippen LogP contribution in [0.1, 0.15) is 16.7 Å². The molecule has 112 valence electrons. The van der Waals surface area contributed by atoms with Crippen LogP contribution in [0.3, 0.4) is 0 Å². The molecule has 0 spiro atoms. The number of morpholine rings is 1. The van der Waals surface area contributed by atoms with Crippen molar-refractivity contribution in [2.45, 2.75) is 6.54 Å². The minimum atomic E-state index is 0.274. The van der Waals surface area contributed by atoms with Crippen LogP contribution in [0.2, 0.25) is 0 Å². The first-order valence-electron chi connectivity index (χ1n) is 7.47. The van der Waals surface area contributed by atoms with Gasteiger partial charge in [0.25, 0.3) is 0 Å². The summed E-state index contributed by atoms with van der Waals surface area (Å²) in [5, 5.41) is 9.73. The minimum absolute atomic E-state index is 0.274. The number of pyridine rings is 1. The van der Waals surface area contributed by atoms with E-state index in [1.807, 2.05) is 18.3 Å². The maximum Gasteiger partial charge on any atom is 0.129 e. The Hall–Kier alpha value is -2.40. The molecule has 2 aromatic rings. The molecular weight excluding hydrogens is 278 g/mol. The highest BCUT2D eigenvalue weighted by atomic mass is 16.5. The van der Waals surface area contributed by atoms with E-state index in [4.69, 9.17) is 4.74 Å². The lowest BCUT2D eigenvalue weighted by molar-refractivity contribution is 0.122. The lowest BCUT2D eigenvalue weighted by atomic mass is 10.0. The van der Waals surface area contributed by atoms with Crippen LogP contribution in [0.4, 0.5) is 5.82 Å². The summed E-state index contributed by atoms with van der Waals surface area (Å²) in [6.45, 7) is 3.87. The van der Waals surface area contributed by atoms with Crippen molar-refractivity contribution in [2.24, 2.45) is 4.99 Å². The summed E-state index contributed by atoms with van der Waals surface area (Å²) in [4.78, 5) is 11.3. The van der Waals surface area contributed by atoms with Gasteiger partial charge in [-0.25, -0.2) is 4.98 Å². The molecule has 2 aliphatic heterocycles. The number of fused-ring (bicyclic) bond motifs is 1. The number of anilines is 1. The van der Waals surface area contributed by atoms with Crippen molar-refractivity contribution in [1.82, 2.24) is 4.98 Å². The van der Waals surface area contributed by atoms with E-state index in [2.05, 4.69) is 20.9 Å². The highest BCUT2D eigenvalue weighted by Gasteiger charge is 2.20. The molecule has 1 N–H and O–H groups in total. The molecule has 0 atom stereocenters. The number of aliphatic imine (C=N–C) groups is 1. The fourth-order valence-electron chi connectivity index (χ4n) is 2.95. The van der Waals surface area contributed by atoms with Gasteiger partial charge in [0.2, 0.25) is 0 Å².